The maximum Gasteiger partial charge on any atom is 0.127 e. The fourth-order valence-electron chi connectivity index (χ4n) is 3.15. The summed E-state index contributed by atoms with van der Waals surface area (Å²) in [6.45, 7) is 7.26. The molecule has 1 spiro atoms. The molecule has 1 fully saturated rings. The zero-order valence-electron chi connectivity index (χ0n) is 12.6. The van der Waals surface area contributed by atoms with E-state index >= 15 is 0 Å². The summed E-state index contributed by atoms with van der Waals surface area (Å²) in [7, 11) is 0. The lowest BCUT2D eigenvalue weighted by molar-refractivity contribution is 0.0162. The Balaban J connectivity index is 1.78. The predicted octanol–water partition coefficient (Wildman–Crippen LogP) is 3.17. The van der Waals surface area contributed by atoms with Crippen LogP contribution in [0.2, 0.25) is 0 Å². The van der Waals surface area contributed by atoms with Gasteiger partial charge in [0.2, 0.25) is 0 Å². The maximum atomic E-state index is 6.39. The third kappa shape index (κ3) is 2.78. The molecule has 1 aromatic rings. The van der Waals surface area contributed by atoms with Crippen LogP contribution in [0.4, 0.5) is 0 Å². The largest absolute Gasteiger partial charge is 0.493 e. The van der Waals surface area contributed by atoms with Crippen LogP contribution in [0.5, 0.6) is 11.5 Å². The topological polar surface area (TPSA) is 30.5 Å². The molecule has 0 unspecified atom stereocenters. The van der Waals surface area contributed by atoms with Crippen LogP contribution in [0.1, 0.15) is 38.7 Å². The van der Waals surface area contributed by atoms with E-state index in [0.29, 0.717) is 5.92 Å². The summed E-state index contributed by atoms with van der Waals surface area (Å²) in [6.07, 6.45) is 4.42. The Kier molecular flexibility index (Phi) is 3.88. The van der Waals surface area contributed by atoms with Crippen molar-refractivity contribution in [1.29, 1.82) is 0 Å². The first-order valence-corrected chi connectivity index (χ1v) is 7.83. The minimum atomic E-state index is 0.0644. The van der Waals surface area contributed by atoms with Crippen LogP contribution in [-0.2, 0) is 6.42 Å². The van der Waals surface area contributed by atoms with Crippen LogP contribution in [0.25, 0.3) is 0 Å². The van der Waals surface area contributed by atoms with Crippen LogP contribution in [-0.4, -0.2) is 25.3 Å². The quantitative estimate of drug-likeness (QED) is 0.919. The highest BCUT2D eigenvalue weighted by Gasteiger charge is 2.38. The molecule has 1 aromatic carbocycles. The number of nitrogens with one attached hydrogen (secondary N) is 1. The molecule has 0 radical (unpaired) electrons. The van der Waals surface area contributed by atoms with Gasteiger partial charge in [-0.1, -0.05) is 19.9 Å². The van der Waals surface area contributed by atoms with Crippen LogP contribution >= 0.6 is 0 Å². The number of piperidine rings is 1. The molecule has 110 valence electrons. The second-order valence-corrected chi connectivity index (χ2v) is 6.47. The van der Waals surface area contributed by atoms with Crippen LogP contribution in [0.3, 0.4) is 0 Å². The SMILES string of the molecule is CC(C)COc1cccc2c1CCC1(CCNCC1)O2. The van der Waals surface area contributed by atoms with E-state index in [0.717, 1.165) is 56.9 Å². The van der Waals surface area contributed by atoms with E-state index in [4.69, 9.17) is 9.47 Å². The lowest BCUT2D eigenvalue weighted by Gasteiger charge is -2.42. The highest BCUT2D eigenvalue weighted by atomic mass is 16.5. The Hall–Kier alpha value is -1.22. The molecule has 0 amide bonds. The van der Waals surface area contributed by atoms with Gasteiger partial charge in [0.15, 0.2) is 0 Å². The molecule has 2 aliphatic rings. The Morgan fingerprint density at radius 1 is 1.25 bits per heavy atom. The van der Waals surface area contributed by atoms with Crippen molar-refractivity contribution in [1.82, 2.24) is 5.32 Å². The first-order valence-electron chi connectivity index (χ1n) is 7.83. The van der Waals surface area contributed by atoms with Gasteiger partial charge in [-0.2, -0.15) is 0 Å². The lowest BCUT2D eigenvalue weighted by Crippen LogP contribution is -2.48. The Morgan fingerprint density at radius 2 is 2.05 bits per heavy atom. The average molecular weight is 275 g/mol. The predicted molar refractivity (Wildman–Crippen MR) is 80.6 cm³/mol. The molecule has 3 rings (SSSR count). The summed E-state index contributed by atoms with van der Waals surface area (Å²) < 4.78 is 12.3. The number of hydrogen-bond donors (Lipinski definition) is 1. The van der Waals surface area contributed by atoms with Gasteiger partial charge in [0, 0.05) is 5.56 Å². The summed E-state index contributed by atoms with van der Waals surface area (Å²) in [4.78, 5) is 0. The van der Waals surface area contributed by atoms with Crippen molar-refractivity contribution in [2.45, 2.75) is 45.1 Å². The number of hydrogen-bond acceptors (Lipinski definition) is 3. The summed E-state index contributed by atoms with van der Waals surface area (Å²) in [5.41, 5.74) is 1.33. The molecule has 2 heterocycles. The molecular weight excluding hydrogens is 250 g/mol. The third-order valence-electron chi connectivity index (χ3n) is 4.33. The summed E-state index contributed by atoms with van der Waals surface area (Å²) in [5, 5.41) is 3.42. The van der Waals surface area contributed by atoms with E-state index in [9.17, 15) is 0 Å². The number of rotatable bonds is 3. The molecule has 0 aliphatic carbocycles. The summed E-state index contributed by atoms with van der Waals surface area (Å²) in [5.74, 6) is 2.60. The van der Waals surface area contributed by atoms with Gasteiger partial charge in [-0.15, -0.1) is 0 Å². The van der Waals surface area contributed by atoms with Crippen LogP contribution in [0, 0.1) is 5.92 Å². The van der Waals surface area contributed by atoms with E-state index < -0.39 is 0 Å². The van der Waals surface area contributed by atoms with Crippen molar-refractivity contribution in [2.24, 2.45) is 5.92 Å². The normalized spacial score (nSPS) is 20.6. The molecule has 2 aliphatic heterocycles. The molecule has 1 N–H and O–H groups in total. The molecule has 0 aromatic heterocycles. The van der Waals surface area contributed by atoms with Crippen molar-refractivity contribution >= 4 is 0 Å². The zero-order chi connectivity index (χ0) is 14.0. The lowest BCUT2D eigenvalue weighted by atomic mass is 9.83. The third-order valence-corrected chi connectivity index (χ3v) is 4.33. The van der Waals surface area contributed by atoms with Gasteiger partial charge in [-0.3, -0.25) is 0 Å². The summed E-state index contributed by atoms with van der Waals surface area (Å²) in [6, 6.07) is 6.22. The van der Waals surface area contributed by atoms with Crippen molar-refractivity contribution in [3.8, 4) is 11.5 Å². The first kappa shape index (κ1) is 13.7. The van der Waals surface area contributed by atoms with E-state index in [1.165, 1.54) is 5.56 Å². The fourth-order valence-corrected chi connectivity index (χ4v) is 3.15. The first-order chi connectivity index (χ1) is 9.69. The molecule has 3 heteroatoms. The van der Waals surface area contributed by atoms with Gasteiger partial charge in [0.25, 0.3) is 0 Å². The fraction of sp³-hybridized carbons (Fsp3) is 0.647. The number of benzene rings is 1. The highest BCUT2D eigenvalue weighted by molar-refractivity contribution is 5.46. The molecule has 0 bridgehead atoms. The standard InChI is InChI=1S/C17H25NO2/c1-13(2)12-19-15-4-3-5-16-14(15)6-7-17(20-16)8-10-18-11-9-17/h3-5,13,18H,6-12H2,1-2H3. The van der Waals surface area contributed by atoms with Crippen molar-refractivity contribution in [3.63, 3.8) is 0 Å². The molecular formula is C17H25NO2. The van der Waals surface area contributed by atoms with Gasteiger partial charge in [0.05, 0.1) is 6.61 Å². The minimum Gasteiger partial charge on any atom is -0.493 e. The van der Waals surface area contributed by atoms with Gasteiger partial charge >= 0.3 is 0 Å². The molecule has 0 atom stereocenters. The molecule has 1 saturated heterocycles. The van der Waals surface area contributed by atoms with E-state index in [-0.39, 0.29) is 5.60 Å². The van der Waals surface area contributed by atoms with Gasteiger partial charge < -0.3 is 14.8 Å². The molecule has 0 saturated carbocycles. The zero-order valence-corrected chi connectivity index (χ0v) is 12.6. The minimum absolute atomic E-state index is 0.0644. The number of ether oxygens (including phenoxy) is 2. The second-order valence-electron chi connectivity index (χ2n) is 6.47. The van der Waals surface area contributed by atoms with Gasteiger partial charge in [-0.25, -0.2) is 0 Å². The Morgan fingerprint density at radius 3 is 2.80 bits per heavy atom. The Bertz CT molecular complexity index is 464. The molecule has 20 heavy (non-hydrogen) atoms. The number of fused-ring (bicyclic) bond motifs is 1. The van der Waals surface area contributed by atoms with Crippen LogP contribution in [0.15, 0.2) is 18.2 Å². The van der Waals surface area contributed by atoms with Gasteiger partial charge in [0.1, 0.15) is 17.1 Å². The van der Waals surface area contributed by atoms with Crippen molar-refractivity contribution in [3.05, 3.63) is 23.8 Å². The molecule has 3 nitrogen and oxygen atoms in total. The van der Waals surface area contributed by atoms with E-state index in [1.807, 2.05) is 0 Å². The van der Waals surface area contributed by atoms with E-state index in [1.54, 1.807) is 0 Å². The van der Waals surface area contributed by atoms with Gasteiger partial charge in [-0.05, 0) is 56.8 Å². The monoisotopic (exact) mass is 275 g/mol. The smallest absolute Gasteiger partial charge is 0.127 e. The van der Waals surface area contributed by atoms with Crippen LogP contribution < -0.4 is 14.8 Å². The average Bonchev–Trinajstić information content (AvgIpc) is 2.45. The Labute approximate surface area is 121 Å². The van der Waals surface area contributed by atoms with E-state index in [2.05, 4.69) is 37.4 Å². The second kappa shape index (κ2) is 5.65. The highest BCUT2D eigenvalue weighted by Crippen LogP contribution is 2.41. The van der Waals surface area contributed by atoms with Crippen molar-refractivity contribution < 1.29 is 9.47 Å². The maximum absolute atomic E-state index is 6.39. The summed E-state index contributed by atoms with van der Waals surface area (Å²) >= 11 is 0. The van der Waals surface area contributed by atoms with Crippen molar-refractivity contribution in [2.75, 3.05) is 19.7 Å².